The maximum atomic E-state index is 4.07. The highest BCUT2D eigenvalue weighted by atomic mass is 32.1. The van der Waals surface area contributed by atoms with Gasteiger partial charge in [-0.2, -0.15) is 0 Å². The number of rotatable bonds is 0. The summed E-state index contributed by atoms with van der Waals surface area (Å²) >= 11 is 1.61. The van der Waals surface area contributed by atoms with Gasteiger partial charge in [0.2, 0.25) is 0 Å². The van der Waals surface area contributed by atoms with Gasteiger partial charge >= 0.3 is 0 Å². The molecule has 0 radical (unpaired) electrons. The molecule has 0 saturated carbocycles. The van der Waals surface area contributed by atoms with Crippen LogP contribution in [0.25, 0.3) is 0 Å². The van der Waals surface area contributed by atoms with Crippen LogP contribution >= 0.6 is 11.3 Å². The molecule has 0 aliphatic rings. The third-order valence-electron chi connectivity index (χ3n) is 0.830. The van der Waals surface area contributed by atoms with Crippen molar-refractivity contribution in [3.05, 3.63) is 29.0 Å². The summed E-state index contributed by atoms with van der Waals surface area (Å²) in [5.74, 6) is 0. The Kier molecular flexibility index (Phi) is 2.27. The average Bonchev–Trinajstić information content (AvgIpc) is 1.79. The second-order valence-electron chi connectivity index (χ2n) is 1.55. The topological polar surface area (TPSA) is 28.7 Å². The van der Waals surface area contributed by atoms with Crippen molar-refractivity contribution in [1.82, 2.24) is 9.97 Å². The molecule has 2 nitrogen and oxygen atoms in total. The number of H-pyrrole nitrogens is 1. The predicted octanol–water partition coefficient (Wildman–Crippen LogP) is 1.90. The van der Waals surface area contributed by atoms with Crippen LogP contribution in [-0.2, 0) is 0 Å². The van der Waals surface area contributed by atoms with E-state index in [0.29, 0.717) is 0 Å². The summed E-state index contributed by atoms with van der Waals surface area (Å²) in [4.78, 5) is 6.99. The van der Waals surface area contributed by atoms with E-state index in [9.17, 15) is 0 Å². The van der Waals surface area contributed by atoms with Gasteiger partial charge in [0.05, 0.1) is 5.01 Å². The first-order valence-corrected chi connectivity index (χ1v) is 3.55. The summed E-state index contributed by atoms with van der Waals surface area (Å²) < 4.78 is 0. The van der Waals surface area contributed by atoms with Crippen molar-refractivity contribution in [2.75, 3.05) is 0 Å². The smallest absolute Gasteiger partial charge is 0.0894 e. The molecule has 0 atom stereocenters. The van der Waals surface area contributed by atoms with Crippen molar-refractivity contribution < 1.29 is 0 Å². The van der Waals surface area contributed by atoms with Gasteiger partial charge in [-0.05, 0) is 6.92 Å². The van der Waals surface area contributed by atoms with Crippen LogP contribution in [0.4, 0.5) is 0 Å². The summed E-state index contributed by atoms with van der Waals surface area (Å²) in [6, 6.07) is 0. The van der Waals surface area contributed by atoms with Crippen LogP contribution in [0.2, 0.25) is 0 Å². The van der Waals surface area contributed by atoms with Gasteiger partial charge in [-0.15, -0.1) is 11.3 Å². The quantitative estimate of drug-likeness (QED) is 0.586. The molecule has 9 heavy (non-hydrogen) atoms. The van der Waals surface area contributed by atoms with E-state index in [2.05, 4.69) is 9.97 Å². The zero-order valence-electron chi connectivity index (χ0n) is 5.16. The van der Waals surface area contributed by atoms with E-state index >= 15 is 0 Å². The second-order valence-corrected chi connectivity index (χ2v) is 2.65. The van der Waals surface area contributed by atoms with Gasteiger partial charge < -0.3 is 4.98 Å². The third-order valence-corrected chi connectivity index (χ3v) is 1.55. The highest BCUT2D eigenvalue weighted by Gasteiger charge is 1.72. The molecule has 1 aromatic rings. The molecule has 0 fully saturated rings. The molecule has 1 aromatic heterocycles. The van der Waals surface area contributed by atoms with E-state index < -0.39 is 0 Å². The number of aromatic amines is 1. The van der Waals surface area contributed by atoms with E-state index in [1.807, 2.05) is 18.5 Å². The molecule has 0 aliphatic heterocycles. The number of aryl methyl sites for hydroxylation is 1. The third kappa shape index (κ3) is 2.28. The Balaban J connectivity index is 3.08. The fraction of sp³-hybridized carbons (Fsp3) is 0.167. The summed E-state index contributed by atoms with van der Waals surface area (Å²) in [6.07, 6.45) is 5.41. The van der Waals surface area contributed by atoms with Gasteiger partial charge in [0.25, 0.3) is 0 Å². The van der Waals surface area contributed by atoms with E-state index in [0.717, 1.165) is 5.01 Å². The van der Waals surface area contributed by atoms with Gasteiger partial charge in [0.1, 0.15) is 0 Å². The molecule has 1 N–H and O–H groups in total. The van der Waals surface area contributed by atoms with Crippen molar-refractivity contribution in [2.24, 2.45) is 0 Å². The lowest BCUT2D eigenvalue weighted by atomic mass is 10.8. The number of nitrogens with one attached hydrogen (secondary N) is 1. The first kappa shape index (κ1) is 6.29. The summed E-state index contributed by atoms with van der Waals surface area (Å²) in [6.45, 7) is 1.98. The molecule has 0 aliphatic carbocycles. The van der Waals surface area contributed by atoms with Crippen LogP contribution in [0.5, 0.6) is 0 Å². The molecule has 1 heterocycles. The van der Waals surface area contributed by atoms with Crippen LogP contribution in [0.1, 0.15) is 5.01 Å². The molecular formula is C6H8N2S. The molecular weight excluding hydrogens is 132 g/mol. The molecule has 0 aromatic carbocycles. The van der Waals surface area contributed by atoms with Gasteiger partial charge in [-0.25, -0.2) is 4.98 Å². The first-order valence-electron chi connectivity index (χ1n) is 2.67. The summed E-state index contributed by atoms with van der Waals surface area (Å²) in [5.41, 5.74) is 0. The minimum absolute atomic E-state index is 1.06. The van der Waals surface area contributed by atoms with Gasteiger partial charge in [0, 0.05) is 24.0 Å². The largest absolute Gasteiger partial charge is 0.366 e. The van der Waals surface area contributed by atoms with Crippen molar-refractivity contribution in [1.29, 1.82) is 0 Å². The summed E-state index contributed by atoms with van der Waals surface area (Å²) in [7, 11) is 0. The highest BCUT2D eigenvalue weighted by Crippen LogP contribution is 1.94. The van der Waals surface area contributed by atoms with Gasteiger partial charge in [0.15, 0.2) is 0 Å². The standard InChI is InChI=1S/C6H8N2S/c1-6-8-3-2-7-4-5-9-6/h2-5,7H,1H3. The monoisotopic (exact) mass is 140 g/mol. The van der Waals surface area contributed by atoms with Crippen LogP contribution in [0.3, 0.4) is 0 Å². The van der Waals surface area contributed by atoms with Gasteiger partial charge in [-0.1, -0.05) is 0 Å². The maximum Gasteiger partial charge on any atom is 0.0894 e. The highest BCUT2D eigenvalue weighted by molar-refractivity contribution is 7.09. The van der Waals surface area contributed by atoms with Crippen LogP contribution in [0.15, 0.2) is 24.0 Å². The van der Waals surface area contributed by atoms with E-state index in [4.69, 9.17) is 0 Å². The molecule has 0 unspecified atom stereocenters. The predicted molar refractivity (Wildman–Crippen MR) is 38.8 cm³/mol. The van der Waals surface area contributed by atoms with Crippen molar-refractivity contribution in [2.45, 2.75) is 6.92 Å². The van der Waals surface area contributed by atoms with Crippen LogP contribution < -0.4 is 0 Å². The molecule has 0 amide bonds. The molecule has 1 rings (SSSR count). The lowest BCUT2D eigenvalue weighted by Crippen LogP contribution is -1.69. The number of nitrogens with zero attached hydrogens (tertiary/aromatic N) is 1. The average molecular weight is 140 g/mol. The number of hydrogen-bond donors (Lipinski definition) is 1. The van der Waals surface area contributed by atoms with Gasteiger partial charge in [-0.3, -0.25) is 0 Å². The Morgan fingerprint density at radius 1 is 1.56 bits per heavy atom. The minimum Gasteiger partial charge on any atom is -0.366 e. The molecule has 0 bridgehead atoms. The number of hydrogen-bond acceptors (Lipinski definition) is 2. The molecule has 3 heteroatoms. The minimum atomic E-state index is 1.06. The Morgan fingerprint density at radius 2 is 2.44 bits per heavy atom. The fourth-order valence-corrected chi connectivity index (χ4v) is 0.908. The molecule has 0 spiro atoms. The van der Waals surface area contributed by atoms with E-state index in [1.165, 1.54) is 0 Å². The fourth-order valence-electron chi connectivity index (χ4n) is 0.443. The Labute approximate surface area is 57.9 Å². The van der Waals surface area contributed by atoms with Crippen LogP contribution in [-0.4, -0.2) is 9.97 Å². The van der Waals surface area contributed by atoms with E-state index in [-0.39, 0.29) is 0 Å². The van der Waals surface area contributed by atoms with Crippen molar-refractivity contribution >= 4 is 11.3 Å². The zero-order valence-corrected chi connectivity index (χ0v) is 5.98. The van der Waals surface area contributed by atoms with Crippen LogP contribution in [0, 0.1) is 6.92 Å². The maximum absolute atomic E-state index is 4.07. The first-order chi connectivity index (χ1) is 4.39. The normalized spacial score (nSPS) is 8.56. The second kappa shape index (κ2) is 3.25. The zero-order chi connectivity index (χ0) is 6.53. The molecule has 48 valence electrons. The lowest BCUT2D eigenvalue weighted by Gasteiger charge is -1.80. The van der Waals surface area contributed by atoms with Crippen molar-refractivity contribution in [3.8, 4) is 0 Å². The molecule has 0 saturated heterocycles. The Morgan fingerprint density at radius 3 is 3.33 bits per heavy atom. The van der Waals surface area contributed by atoms with E-state index in [1.54, 1.807) is 23.7 Å². The lowest BCUT2D eigenvalue weighted by molar-refractivity contribution is 1.23. The SMILES string of the molecule is Cc1ncc[nH]ccs1. The number of aromatic nitrogens is 2. The van der Waals surface area contributed by atoms with Crippen molar-refractivity contribution in [3.63, 3.8) is 0 Å². The Hall–Kier alpha value is -0.830. The Bertz CT molecular complexity index is 193. The summed E-state index contributed by atoms with van der Waals surface area (Å²) in [5, 5.41) is 3.02.